The van der Waals surface area contributed by atoms with Crippen molar-refractivity contribution in [1.29, 1.82) is 0 Å². The number of aryl methyl sites for hydroxylation is 1. The average Bonchev–Trinajstić information content (AvgIpc) is 4.19. The second-order valence-corrected chi connectivity index (χ2v) is 22.0. The number of aliphatic imine (C=N–C) groups is 1. The molecule has 0 saturated carbocycles. The fourth-order valence-electron chi connectivity index (χ4n) is 9.79. The summed E-state index contributed by atoms with van der Waals surface area (Å²) in [6.45, 7) is 15.7. The molecular weight excluding hydrogens is 1020 g/mol. The maximum atomic E-state index is 14.7. The fraction of sp³-hybridized carbons (Fsp3) is 0.574. The van der Waals surface area contributed by atoms with Gasteiger partial charge in [-0.25, -0.2) is 0 Å². The maximum absolute atomic E-state index is 14.7. The number of nitrogens with two attached hydrogens (primary N) is 1. The zero-order chi connectivity index (χ0) is 57.9. The third-order valence-electron chi connectivity index (χ3n) is 14.1. The molecule has 19 heteroatoms. The van der Waals surface area contributed by atoms with E-state index in [4.69, 9.17) is 39.0 Å². The van der Waals surface area contributed by atoms with Crippen LogP contribution in [0, 0.1) is 23.7 Å². The number of ether oxygens (including phenoxy) is 7. The van der Waals surface area contributed by atoms with Gasteiger partial charge in [-0.15, -0.1) is 0 Å². The average molecular weight is 1110 g/mol. The molecule has 3 aromatic rings. The molecule has 0 aromatic heterocycles. The monoisotopic (exact) mass is 1110 g/mol. The molecule has 2 aliphatic rings. The van der Waals surface area contributed by atoms with Crippen molar-refractivity contribution in [2.24, 2.45) is 39.6 Å². The number of epoxide rings is 1. The summed E-state index contributed by atoms with van der Waals surface area (Å²) in [5.74, 6) is 2.48. The standard InChI is InChI=1S/C61H86N6O13/c1-43(2)32-53(55(70)37-50(34-47-16-12-9-13-17-47)60(73)65-54(33-44(3)4)58(71)61(6)42-79-61)64-59(72)49(20-18-46-14-10-8-11-15-46)36-52(69)40-67(22-24-74-25-23-67)39-48-19-21-56(80-45(5)68)57(35-48)78-31-30-76-27-26-75-28-29-77-41-51(66-62)38-63-7/h8-17,19,21,35,38,43-44,49-50,53-54H,18,20,22-34,36-37,39-42H2,1-7H3,(H3-,62,63,64,65,72,73)/p+1/t49-,50-,53+,54+,61-/m1/s1. The van der Waals surface area contributed by atoms with Gasteiger partial charge in [-0.1, -0.05) is 88.4 Å². The van der Waals surface area contributed by atoms with E-state index in [0.29, 0.717) is 101 Å². The first-order valence-electron chi connectivity index (χ1n) is 28.1. The number of amides is 2. The van der Waals surface area contributed by atoms with Crippen molar-refractivity contribution >= 4 is 47.1 Å². The number of rotatable bonds is 38. The van der Waals surface area contributed by atoms with Gasteiger partial charge in [0.1, 0.15) is 44.1 Å². The molecule has 0 aliphatic carbocycles. The van der Waals surface area contributed by atoms with Gasteiger partial charge >= 0.3 is 5.97 Å². The predicted octanol–water partition coefficient (Wildman–Crippen LogP) is 5.85. The van der Waals surface area contributed by atoms with E-state index in [1.807, 2.05) is 100 Å². The number of quaternary nitrogens is 1. The van der Waals surface area contributed by atoms with Crippen LogP contribution in [0.1, 0.15) is 90.3 Å². The number of esters is 1. The van der Waals surface area contributed by atoms with Gasteiger partial charge in [0, 0.05) is 50.4 Å². The van der Waals surface area contributed by atoms with Crippen molar-refractivity contribution in [3.63, 3.8) is 0 Å². The molecule has 0 radical (unpaired) electrons. The van der Waals surface area contributed by atoms with Crippen LogP contribution in [0.25, 0.3) is 0 Å². The minimum atomic E-state index is -0.947. The second kappa shape index (κ2) is 33.5. The Kier molecular flexibility index (Phi) is 27.1. The number of hydrogen-bond donors (Lipinski definition) is 3. The minimum Gasteiger partial charge on any atom is -0.487 e. The number of benzene rings is 3. The number of ketones is 3. The molecule has 5 atom stereocenters. The first kappa shape index (κ1) is 64.6. The van der Waals surface area contributed by atoms with Crippen LogP contribution in [0.3, 0.4) is 0 Å². The molecule has 2 fully saturated rings. The summed E-state index contributed by atoms with van der Waals surface area (Å²) in [4.78, 5) is 87.9. The van der Waals surface area contributed by atoms with Gasteiger partial charge < -0.3 is 54.1 Å². The van der Waals surface area contributed by atoms with Crippen LogP contribution in [0.5, 0.6) is 11.5 Å². The molecular formula is C61H87N6O13+. The topological polar surface area (TPSA) is 245 Å². The van der Waals surface area contributed by atoms with Gasteiger partial charge in [0.05, 0.1) is 71.5 Å². The van der Waals surface area contributed by atoms with Crippen molar-refractivity contribution in [3.05, 3.63) is 95.6 Å². The molecule has 4 N–H and O–H groups in total. The Morgan fingerprint density at radius 2 is 1.32 bits per heavy atom. The number of morpholine rings is 1. The number of hydrazone groups is 1. The summed E-state index contributed by atoms with van der Waals surface area (Å²) in [6, 6.07) is 22.8. The molecule has 5 rings (SSSR count). The van der Waals surface area contributed by atoms with Crippen molar-refractivity contribution in [2.45, 2.75) is 111 Å². The highest BCUT2D eigenvalue weighted by Crippen LogP contribution is 2.32. The van der Waals surface area contributed by atoms with Crippen molar-refractivity contribution in [2.75, 3.05) is 92.8 Å². The zero-order valence-electron chi connectivity index (χ0n) is 48.1. The predicted molar refractivity (Wildman–Crippen MR) is 304 cm³/mol. The van der Waals surface area contributed by atoms with E-state index in [9.17, 15) is 28.8 Å². The number of nitrogens with zero attached hydrogens (tertiary/aromatic N) is 3. The lowest BCUT2D eigenvalue weighted by Gasteiger charge is -2.41. The van der Waals surface area contributed by atoms with E-state index in [0.717, 1.165) is 16.7 Å². The molecule has 438 valence electrons. The van der Waals surface area contributed by atoms with Crippen LogP contribution in [-0.2, 0) is 71.8 Å². The molecule has 19 nitrogen and oxygen atoms in total. The van der Waals surface area contributed by atoms with Crippen LogP contribution in [-0.4, -0.2) is 162 Å². The summed E-state index contributed by atoms with van der Waals surface area (Å²) >= 11 is 0. The summed E-state index contributed by atoms with van der Waals surface area (Å²) in [5.41, 5.74) is 2.28. The van der Waals surface area contributed by atoms with Gasteiger partial charge in [0.25, 0.3) is 0 Å². The van der Waals surface area contributed by atoms with Gasteiger partial charge in [-0.3, -0.25) is 33.8 Å². The highest BCUT2D eigenvalue weighted by molar-refractivity contribution is 6.31. The highest BCUT2D eigenvalue weighted by Gasteiger charge is 2.50. The number of Topliss-reactive ketones (excluding diaryl/α,β-unsaturated/α-hetero) is 3. The minimum absolute atomic E-state index is 0.00287. The molecule has 0 bridgehead atoms. The molecule has 80 heavy (non-hydrogen) atoms. The Morgan fingerprint density at radius 3 is 1.93 bits per heavy atom. The van der Waals surface area contributed by atoms with Crippen LogP contribution in [0.4, 0.5) is 0 Å². The number of carbonyl (C=O) groups excluding carboxylic acids is 6. The molecule has 2 aliphatic heterocycles. The summed E-state index contributed by atoms with van der Waals surface area (Å²) < 4.78 is 40.1. The van der Waals surface area contributed by atoms with E-state index in [1.54, 1.807) is 20.0 Å². The molecule has 0 unspecified atom stereocenters. The fourth-order valence-corrected chi connectivity index (χ4v) is 9.79. The Morgan fingerprint density at radius 1 is 0.738 bits per heavy atom. The van der Waals surface area contributed by atoms with Gasteiger partial charge in [-0.2, -0.15) is 5.10 Å². The van der Waals surface area contributed by atoms with Gasteiger partial charge in [-0.05, 0) is 80.2 Å². The first-order chi connectivity index (χ1) is 38.4. The van der Waals surface area contributed by atoms with Gasteiger partial charge in [0.15, 0.2) is 28.8 Å². The maximum Gasteiger partial charge on any atom is 0.308 e. The molecule has 3 aromatic carbocycles. The van der Waals surface area contributed by atoms with Crippen molar-refractivity contribution < 1.29 is 66.4 Å². The lowest BCUT2D eigenvalue weighted by molar-refractivity contribution is -0.940. The summed E-state index contributed by atoms with van der Waals surface area (Å²) in [6.07, 6.45) is 3.14. The number of hydrogen-bond acceptors (Lipinski definition) is 16. The quantitative estimate of drug-likeness (QED) is 0.00892. The molecule has 2 heterocycles. The van der Waals surface area contributed by atoms with E-state index >= 15 is 0 Å². The van der Waals surface area contributed by atoms with Crippen molar-refractivity contribution in [3.8, 4) is 11.5 Å². The van der Waals surface area contributed by atoms with Crippen LogP contribution >= 0.6 is 0 Å². The van der Waals surface area contributed by atoms with E-state index in [1.165, 1.54) is 13.1 Å². The van der Waals surface area contributed by atoms with Crippen LogP contribution in [0.15, 0.2) is 89.0 Å². The lowest BCUT2D eigenvalue weighted by atomic mass is 9.87. The Hall–Kier alpha value is -6.22. The van der Waals surface area contributed by atoms with Crippen LogP contribution < -0.4 is 25.9 Å². The number of nitrogens with one attached hydrogen (secondary N) is 2. The van der Waals surface area contributed by atoms with E-state index in [-0.39, 0.29) is 87.2 Å². The largest absolute Gasteiger partial charge is 0.487 e. The normalized spacial score (nSPS) is 17.6. The smallest absolute Gasteiger partial charge is 0.308 e. The zero-order valence-corrected chi connectivity index (χ0v) is 48.1. The van der Waals surface area contributed by atoms with E-state index in [2.05, 4.69) is 20.7 Å². The Bertz CT molecular complexity index is 2490. The third-order valence-corrected chi connectivity index (χ3v) is 14.1. The summed E-state index contributed by atoms with van der Waals surface area (Å²) in [5, 5.41) is 9.70. The van der Waals surface area contributed by atoms with Crippen LogP contribution in [0.2, 0.25) is 0 Å². The van der Waals surface area contributed by atoms with Crippen molar-refractivity contribution in [1.82, 2.24) is 10.6 Å². The first-order valence-corrected chi connectivity index (χ1v) is 28.1. The molecule has 2 amide bonds. The number of carbonyl (C=O) groups is 6. The lowest BCUT2D eigenvalue weighted by Crippen LogP contribution is -2.57. The molecule has 2 saturated heterocycles. The van der Waals surface area contributed by atoms with Gasteiger partial charge in [0.2, 0.25) is 11.8 Å². The van der Waals surface area contributed by atoms with E-state index < -0.39 is 47.3 Å². The SMILES string of the molecule is CN=CC(COCCOCCOCCOc1cc(C[N+]2(CC(=O)C[C@@H](CCc3ccccc3)C(=O)N[C@@H](CC(C)C)C(=O)C[C@@H](Cc3ccccc3)C(=O)N[C@@H](CC(C)C)C(=O)[C@@]3(C)CO3)CCOCC2)ccc1OC(C)=O)=NN. The Labute approximate surface area is 472 Å². The molecule has 0 spiro atoms. The summed E-state index contributed by atoms with van der Waals surface area (Å²) in [7, 11) is 1.62. The highest BCUT2D eigenvalue weighted by atomic mass is 16.6. The Balaban J connectivity index is 1.27. The third kappa shape index (κ3) is 22.7. The second-order valence-electron chi connectivity index (χ2n) is 22.0.